The van der Waals surface area contributed by atoms with Gasteiger partial charge in [-0.1, -0.05) is 48.5 Å². The van der Waals surface area contributed by atoms with E-state index in [0.717, 1.165) is 37.1 Å². The summed E-state index contributed by atoms with van der Waals surface area (Å²) in [5.41, 5.74) is 5.24. The molecule has 3 aromatic rings. The van der Waals surface area contributed by atoms with E-state index in [-0.39, 0.29) is 11.8 Å². The highest BCUT2D eigenvalue weighted by Gasteiger charge is 2.29. The average Bonchev–Trinajstić information content (AvgIpc) is 2.82. The number of fused-ring (bicyclic) bond motifs is 2. The molecule has 0 saturated carbocycles. The molecule has 0 fully saturated rings. The number of hydrogen-bond acceptors (Lipinski definition) is 2. The monoisotopic (exact) mass is 396 g/mol. The van der Waals surface area contributed by atoms with E-state index in [0.29, 0.717) is 24.2 Å². The van der Waals surface area contributed by atoms with Crippen molar-refractivity contribution in [3.05, 3.63) is 95.1 Å². The van der Waals surface area contributed by atoms with Gasteiger partial charge in [0.2, 0.25) is 0 Å². The Bertz CT molecular complexity index is 1030. The van der Waals surface area contributed by atoms with E-state index in [2.05, 4.69) is 12.1 Å². The number of anilines is 2. The molecule has 4 heteroatoms. The van der Waals surface area contributed by atoms with Crippen molar-refractivity contribution in [2.24, 2.45) is 0 Å². The molecule has 2 aliphatic rings. The molecule has 5 rings (SSSR count). The number of benzene rings is 3. The van der Waals surface area contributed by atoms with Crippen LogP contribution >= 0.6 is 0 Å². The van der Waals surface area contributed by atoms with E-state index in [1.54, 1.807) is 12.1 Å². The van der Waals surface area contributed by atoms with Crippen LogP contribution in [0.5, 0.6) is 0 Å². The van der Waals surface area contributed by atoms with Gasteiger partial charge in [-0.3, -0.25) is 9.59 Å². The normalized spacial score (nSPS) is 15.3. The Hall–Kier alpha value is -3.40. The summed E-state index contributed by atoms with van der Waals surface area (Å²) in [6, 6.07) is 23.3. The van der Waals surface area contributed by atoms with Crippen LogP contribution in [0.3, 0.4) is 0 Å². The van der Waals surface area contributed by atoms with Gasteiger partial charge in [-0.25, -0.2) is 0 Å². The lowest BCUT2D eigenvalue weighted by molar-refractivity contribution is 0.0952. The molecule has 0 aromatic heterocycles. The van der Waals surface area contributed by atoms with Crippen molar-refractivity contribution in [1.29, 1.82) is 0 Å². The molecular formula is C26H24N2O2. The number of carbonyl (C=O) groups is 2. The summed E-state index contributed by atoms with van der Waals surface area (Å²) in [5, 5.41) is 0. The van der Waals surface area contributed by atoms with Crippen LogP contribution in [0.15, 0.2) is 72.8 Å². The molecule has 0 radical (unpaired) electrons. The quantitative estimate of drug-likeness (QED) is 0.620. The van der Waals surface area contributed by atoms with Gasteiger partial charge in [0, 0.05) is 24.5 Å². The first-order valence-corrected chi connectivity index (χ1v) is 10.6. The summed E-state index contributed by atoms with van der Waals surface area (Å²) >= 11 is 0. The molecule has 30 heavy (non-hydrogen) atoms. The van der Waals surface area contributed by atoms with Crippen LogP contribution in [0.1, 0.15) is 44.7 Å². The summed E-state index contributed by atoms with van der Waals surface area (Å²) in [4.78, 5) is 30.8. The Balaban J connectivity index is 1.52. The van der Waals surface area contributed by atoms with Crippen molar-refractivity contribution < 1.29 is 9.59 Å². The van der Waals surface area contributed by atoms with E-state index in [1.807, 2.05) is 58.3 Å². The minimum absolute atomic E-state index is 0.101. The number of aryl methyl sites for hydroxylation is 2. The number of amides is 2. The summed E-state index contributed by atoms with van der Waals surface area (Å²) in [7, 11) is 0. The second-order valence-corrected chi connectivity index (χ2v) is 7.92. The zero-order valence-corrected chi connectivity index (χ0v) is 16.9. The molecule has 3 aromatic carbocycles. The Morgan fingerprint density at radius 1 is 0.567 bits per heavy atom. The van der Waals surface area contributed by atoms with E-state index >= 15 is 0 Å². The molecule has 0 N–H and O–H groups in total. The van der Waals surface area contributed by atoms with E-state index < -0.39 is 0 Å². The minimum atomic E-state index is -0.101. The van der Waals surface area contributed by atoms with Crippen LogP contribution in [0.2, 0.25) is 0 Å². The minimum Gasteiger partial charge on any atom is -0.308 e. The van der Waals surface area contributed by atoms with Crippen LogP contribution in [0, 0.1) is 0 Å². The van der Waals surface area contributed by atoms with Gasteiger partial charge >= 0.3 is 0 Å². The molecule has 4 nitrogen and oxygen atoms in total. The van der Waals surface area contributed by atoms with Gasteiger partial charge < -0.3 is 9.80 Å². The van der Waals surface area contributed by atoms with Gasteiger partial charge in [0.1, 0.15) is 0 Å². The lowest BCUT2D eigenvalue weighted by Crippen LogP contribution is -2.39. The van der Waals surface area contributed by atoms with E-state index in [1.165, 1.54) is 11.1 Å². The molecule has 0 atom stereocenters. The number of carbonyl (C=O) groups excluding carboxylic acids is 2. The summed E-state index contributed by atoms with van der Waals surface area (Å²) in [6.45, 7) is 1.34. The fourth-order valence-electron chi connectivity index (χ4n) is 4.64. The predicted molar refractivity (Wildman–Crippen MR) is 119 cm³/mol. The molecule has 2 heterocycles. The number of rotatable bonds is 2. The molecule has 0 spiro atoms. The number of para-hydroxylation sites is 2. The second kappa shape index (κ2) is 7.79. The van der Waals surface area contributed by atoms with Crippen LogP contribution in [0.25, 0.3) is 0 Å². The molecular weight excluding hydrogens is 372 g/mol. The first-order chi connectivity index (χ1) is 14.7. The van der Waals surface area contributed by atoms with Gasteiger partial charge in [-0.2, -0.15) is 0 Å². The standard InChI is InChI=1S/C26H24N2O2/c29-25(27-17-7-11-19-9-1-5-15-23(19)27)21-13-3-4-14-22(21)26(30)28-18-8-12-20-10-2-6-16-24(20)28/h1-6,9-10,13-16H,7-8,11-12,17-18H2. The molecule has 150 valence electrons. The third kappa shape index (κ3) is 3.18. The fraction of sp³-hybridized carbons (Fsp3) is 0.231. The Morgan fingerprint density at radius 2 is 0.967 bits per heavy atom. The Kier molecular flexibility index (Phi) is 4.83. The van der Waals surface area contributed by atoms with Crippen molar-refractivity contribution in [3.8, 4) is 0 Å². The molecule has 2 amide bonds. The Morgan fingerprint density at radius 3 is 1.43 bits per heavy atom. The molecule has 0 aliphatic carbocycles. The second-order valence-electron chi connectivity index (χ2n) is 7.92. The molecule has 0 unspecified atom stereocenters. The van der Waals surface area contributed by atoms with Crippen molar-refractivity contribution in [3.63, 3.8) is 0 Å². The lowest BCUT2D eigenvalue weighted by Gasteiger charge is -2.32. The predicted octanol–water partition coefficient (Wildman–Crippen LogP) is 4.87. The highest BCUT2D eigenvalue weighted by Crippen LogP contribution is 2.31. The topological polar surface area (TPSA) is 40.6 Å². The third-order valence-corrected chi connectivity index (χ3v) is 6.10. The van der Waals surface area contributed by atoms with Crippen molar-refractivity contribution in [2.45, 2.75) is 25.7 Å². The van der Waals surface area contributed by atoms with Crippen molar-refractivity contribution in [1.82, 2.24) is 0 Å². The first kappa shape index (κ1) is 18.6. The maximum atomic E-state index is 13.6. The molecule has 0 saturated heterocycles. The highest BCUT2D eigenvalue weighted by molar-refractivity contribution is 6.17. The maximum Gasteiger partial charge on any atom is 0.259 e. The van der Waals surface area contributed by atoms with Crippen LogP contribution in [0.4, 0.5) is 11.4 Å². The zero-order chi connectivity index (χ0) is 20.5. The highest BCUT2D eigenvalue weighted by atomic mass is 16.2. The third-order valence-electron chi connectivity index (χ3n) is 6.10. The van der Waals surface area contributed by atoms with Crippen LogP contribution in [-0.4, -0.2) is 24.9 Å². The summed E-state index contributed by atoms with van der Waals surface area (Å²) in [6.07, 6.45) is 3.81. The molecule has 2 aliphatic heterocycles. The van der Waals surface area contributed by atoms with E-state index in [4.69, 9.17) is 0 Å². The van der Waals surface area contributed by atoms with Gasteiger partial charge in [-0.15, -0.1) is 0 Å². The van der Waals surface area contributed by atoms with Gasteiger partial charge in [-0.05, 0) is 61.1 Å². The van der Waals surface area contributed by atoms with Crippen molar-refractivity contribution in [2.75, 3.05) is 22.9 Å². The smallest absolute Gasteiger partial charge is 0.259 e. The van der Waals surface area contributed by atoms with Gasteiger partial charge in [0.05, 0.1) is 11.1 Å². The number of nitrogens with zero attached hydrogens (tertiary/aromatic N) is 2. The molecule has 0 bridgehead atoms. The maximum absolute atomic E-state index is 13.6. The SMILES string of the molecule is O=C(c1ccccc1C(=O)N1CCCc2ccccc21)N1CCCc2ccccc21. The Labute approximate surface area is 176 Å². The van der Waals surface area contributed by atoms with Crippen molar-refractivity contribution >= 4 is 23.2 Å². The lowest BCUT2D eigenvalue weighted by atomic mass is 9.97. The first-order valence-electron chi connectivity index (χ1n) is 10.6. The average molecular weight is 396 g/mol. The van der Waals surface area contributed by atoms with Gasteiger partial charge in [0.25, 0.3) is 11.8 Å². The van der Waals surface area contributed by atoms with Crippen LogP contribution in [-0.2, 0) is 12.8 Å². The largest absolute Gasteiger partial charge is 0.308 e. The zero-order valence-electron chi connectivity index (χ0n) is 16.9. The number of hydrogen-bond donors (Lipinski definition) is 0. The summed E-state index contributed by atoms with van der Waals surface area (Å²) < 4.78 is 0. The van der Waals surface area contributed by atoms with E-state index in [9.17, 15) is 9.59 Å². The van der Waals surface area contributed by atoms with Gasteiger partial charge in [0.15, 0.2) is 0 Å². The van der Waals surface area contributed by atoms with Crippen LogP contribution < -0.4 is 9.80 Å². The summed E-state index contributed by atoms with van der Waals surface area (Å²) in [5.74, 6) is -0.201. The fourth-order valence-corrected chi connectivity index (χ4v) is 4.64.